The number of amides is 1. The number of anilines is 1. The zero-order valence-electron chi connectivity index (χ0n) is 17.4. The van der Waals surface area contributed by atoms with Crippen molar-refractivity contribution in [2.45, 2.75) is 69.9 Å². The Morgan fingerprint density at radius 2 is 1.83 bits per heavy atom. The minimum absolute atomic E-state index is 0.158. The smallest absolute Gasteiger partial charge is 0.225 e. The predicted octanol–water partition coefficient (Wildman–Crippen LogP) is 3.40. The van der Waals surface area contributed by atoms with Gasteiger partial charge in [-0.2, -0.15) is 5.26 Å². The maximum absolute atomic E-state index is 13.1. The van der Waals surface area contributed by atoms with Crippen molar-refractivity contribution in [3.8, 4) is 6.07 Å². The molecule has 29 heavy (non-hydrogen) atoms. The van der Waals surface area contributed by atoms with Crippen LogP contribution in [0.15, 0.2) is 18.3 Å². The number of nitriles is 1. The third-order valence-corrected chi connectivity index (χ3v) is 7.03. The van der Waals surface area contributed by atoms with Gasteiger partial charge in [0, 0.05) is 50.4 Å². The molecule has 0 unspecified atom stereocenters. The Morgan fingerprint density at radius 3 is 2.59 bits per heavy atom. The van der Waals surface area contributed by atoms with Gasteiger partial charge in [-0.15, -0.1) is 0 Å². The van der Waals surface area contributed by atoms with Crippen LogP contribution in [-0.4, -0.2) is 59.0 Å². The molecule has 1 amide bonds. The zero-order chi connectivity index (χ0) is 20.1. The molecule has 0 bridgehead atoms. The van der Waals surface area contributed by atoms with Crippen molar-refractivity contribution in [2.24, 2.45) is 5.92 Å². The highest BCUT2D eigenvalue weighted by Crippen LogP contribution is 2.29. The molecule has 2 saturated carbocycles. The molecular formula is C23H33N5O. The van der Waals surface area contributed by atoms with Crippen LogP contribution in [0.2, 0.25) is 0 Å². The maximum Gasteiger partial charge on any atom is 0.225 e. The summed E-state index contributed by atoms with van der Waals surface area (Å²) >= 11 is 0. The van der Waals surface area contributed by atoms with Crippen molar-refractivity contribution >= 4 is 11.7 Å². The summed E-state index contributed by atoms with van der Waals surface area (Å²) in [6, 6.07) is 6.83. The van der Waals surface area contributed by atoms with Crippen molar-refractivity contribution in [1.29, 1.82) is 5.26 Å². The lowest BCUT2D eigenvalue weighted by molar-refractivity contribution is -0.136. The van der Waals surface area contributed by atoms with E-state index in [1.807, 2.05) is 0 Å². The van der Waals surface area contributed by atoms with Gasteiger partial charge in [-0.05, 0) is 57.1 Å². The van der Waals surface area contributed by atoms with E-state index in [2.05, 4.69) is 26.2 Å². The number of pyridine rings is 1. The fourth-order valence-electron chi connectivity index (χ4n) is 5.34. The van der Waals surface area contributed by atoms with Crippen LogP contribution in [0.25, 0.3) is 0 Å². The molecule has 156 valence electrons. The SMILES string of the molecule is N#Cc1cccnc1NC1CCC(C(=O)N2CCCN(C3CCCC3)CC2)CC1. The van der Waals surface area contributed by atoms with Gasteiger partial charge in [0.05, 0.1) is 5.56 Å². The van der Waals surface area contributed by atoms with Gasteiger partial charge in [0.25, 0.3) is 0 Å². The molecule has 6 nitrogen and oxygen atoms in total. The molecule has 1 aliphatic heterocycles. The van der Waals surface area contributed by atoms with Gasteiger partial charge in [-0.3, -0.25) is 9.69 Å². The van der Waals surface area contributed by atoms with E-state index < -0.39 is 0 Å². The number of nitrogens with one attached hydrogen (secondary N) is 1. The summed E-state index contributed by atoms with van der Waals surface area (Å²) in [4.78, 5) is 22.2. The van der Waals surface area contributed by atoms with E-state index in [-0.39, 0.29) is 5.92 Å². The molecule has 0 atom stereocenters. The summed E-state index contributed by atoms with van der Waals surface area (Å²) in [6.45, 7) is 4.01. The molecule has 0 spiro atoms. The van der Waals surface area contributed by atoms with E-state index in [0.29, 0.717) is 23.3 Å². The maximum atomic E-state index is 13.1. The zero-order valence-corrected chi connectivity index (χ0v) is 17.4. The second-order valence-corrected chi connectivity index (χ2v) is 8.86. The second-order valence-electron chi connectivity index (χ2n) is 8.86. The average Bonchev–Trinajstić information content (AvgIpc) is 3.19. The van der Waals surface area contributed by atoms with Crippen LogP contribution in [0.3, 0.4) is 0 Å². The van der Waals surface area contributed by atoms with Crippen molar-refractivity contribution in [3.63, 3.8) is 0 Å². The van der Waals surface area contributed by atoms with Crippen LogP contribution in [0.5, 0.6) is 0 Å². The molecule has 0 aromatic carbocycles. The number of nitrogens with zero attached hydrogens (tertiary/aromatic N) is 4. The summed E-state index contributed by atoms with van der Waals surface area (Å²) in [5.41, 5.74) is 0.585. The van der Waals surface area contributed by atoms with Gasteiger partial charge in [-0.25, -0.2) is 4.98 Å². The summed E-state index contributed by atoms with van der Waals surface area (Å²) in [5, 5.41) is 12.7. The van der Waals surface area contributed by atoms with Crippen molar-refractivity contribution in [2.75, 3.05) is 31.5 Å². The van der Waals surface area contributed by atoms with E-state index >= 15 is 0 Å². The molecule has 1 aromatic heterocycles. The van der Waals surface area contributed by atoms with E-state index in [4.69, 9.17) is 0 Å². The first-order valence-corrected chi connectivity index (χ1v) is 11.4. The lowest BCUT2D eigenvalue weighted by atomic mass is 9.85. The van der Waals surface area contributed by atoms with Crippen LogP contribution >= 0.6 is 0 Å². The predicted molar refractivity (Wildman–Crippen MR) is 113 cm³/mol. The fraction of sp³-hybridized carbons (Fsp3) is 0.696. The highest BCUT2D eigenvalue weighted by molar-refractivity contribution is 5.79. The Morgan fingerprint density at radius 1 is 1.03 bits per heavy atom. The topological polar surface area (TPSA) is 72.3 Å². The van der Waals surface area contributed by atoms with Gasteiger partial charge in [-0.1, -0.05) is 12.8 Å². The fourth-order valence-corrected chi connectivity index (χ4v) is 5.34. The van der Waals surface area contributed by atoms with E-state index in [0.717, 1.165) is 64.3 Å². The first kappa shape index (κ1) is 20.2. The van der Waals surface area contributed by atoms with Gasteiger partial charge < -0.3 is 10.2 Å². The molecule has 3 fully saturated rings. The molecule has 2 heterocycles. The van der Waals surface area contributed by atoms with Crippen LogP contribution < -0.4 is 5.32 Å². The Balaban J connectivity index is 1.26. The van der Waals surface area contributed by atoms with Crippen LogP contribution in [0.1, 0.15) is 63.4 Å². The Labute approximate surface area is 174 Å². The Bertz CT molecular complexity index is 731. The van der Waals surface area contributed by atoms with Crippen molar-refractivity contribution < 1.29 is 4.79 Å². The molecule has 3 aliphatic rings. The molecule has 2 aliphatic carbocycles. The van der Waals surface area contributed by atoms with Crippen molar-refractivity contribution in [1.82, 2.24) is 14.8 Å². The van der Waals surface area contributed by atoms with E-state index in [1.165, 1.54) is 25.7 Å². The lowest BCUT2D eigenvalue weighted by Crippen LogP contribution is -2.42. The monoisotopic (exact) mass is 395 g/mol. The summed E-state index contributed by atoms with van der Waals surface area (Å²) in [6.07, 6.45) is 12.0. The molecule has 1 aromatic rings. The average molecular weight is 396 g/mol. The lowest BCUT2D eigenvalue weighted by Gasteiger charge is -2.32. The third-order valence-electron chi connectivity index (χ3n) is 7.03. The molecule has 4 rings (SSSR count). The summed E-state index contributed by atoms with van der Waals surface area (Å²) in [5.74, 6) is 1.20. The summed E-state index contributed by atoms with van der Waals surface area (Å²) in [7, 11) is 0. The number of hydrogen-bond acceptors (Lipinski definition) is 5. The first-order valence-electron chi connectivity index (χ1n) is 11.4. The van der Waals surface area contributed by atoms with Gasteiger partial charge in [0.1, 0.15) is 11.9 Å². The Hall–Kier alpha value is -2.13. The standard InChI is InChI=1S/C23H33N5O/c24-17-19-5-3-12-25-22(19)26-20-10-8-18(9-11-20)23(29)28-14-4-13-27(15-16-28)21-6-1-2-7-21/h3,5,12,18,20-21H,1-2,4,6-11,13-16H2,(H,25,26). The number of carbonyl (C=O) groups is 1. The van der Waals surface area contributed by atoms with Crippen LogP contribution in [0.4, 0.5) is 5.82 Å². The van der Waals surface area contributed by atoms with Gasteiger partial charge in [0.2, 0.25) is 5.91 Å². The quantitative estimate of drug-likeness (QED) is 0.846. The first-order chi connectivity index (χ1) is 14.2. The highest BCUT2D eigenvalue weighted by Gasteiger charge is 2.32. The number of rotatable bonds is 4. The van der Waals surface area contributed by atoms with Crippen LogP contribution in [0, 0.1) is 17.2 Å². The molecular weight excluding hydrogens is 362 g/mol. The minimum atomic E-state index is 0.158. The largest absolute Gasteiger partial charge is 0.366 e. The number of aromatic nitrogens is 1. The number of carbonyl (C=O) groups excluding carboxylic acids is 1. The summed E-state index contributed by atoms with van der Waals surface area (Å²) < 4.78 is 0. The second kappa shape index (κ2) is 9.58. The van der Waals surface area contributed by atoms with Crippen molar-refractivity contribution in [3.05, 3.63) is 23.9 Å². The highest BCUT2D eigenvalue weighted by atomic mass is 16.2. The molecule has 0 radical (unpaired) electrons. The molecule has 6 heteroatoms. The van der Waals surface area contributed by atoms with Crippen LogP contribution in [-0.2, 0) is 4.79 Å². The minimum Gasteiger partial charge on any atom is -0.366 e. The Kier molecular flexibility index (Phi) is 6.66. The van der Waals surface area contributed by atoms with Gasteiger partial charge in [0.15, 0.2) is 0 Å². The normalized spacial score (nSPS) is 26.7. The van der Waals surface area contributed by atoms with E-state index in [1.54, 1.807) is 18.3 Å². The van der Waals surface area contributed by atoms with E-state index in [9.17, 15) is 10.1 Å². The third kappa shape index (κ3) is 4.90. The van der Waals surface area contributed by atoms with Gasteiger partial charge >= 0.3 is 0 Å². The number of hydrogen-bond donors (Lipinski definition) is 1. The molecule has 1 saturated heterocycles. The molecule has 1 N–H and O–H groups in total.